The standard InChI is InChI=1S/C22H34F4N5O9P/c1-9(2)38-18(33)11(5)29-41(36,30-12(6)19(34)39-10(3)4)37-8-22(20(25)26)15(24)14(32)17(40-22)31-7-13(23)16(27)28-21(31)35/h7,9-12,14-15,17,20,32H,8H2,1-6H3,(H2,27,28,35)(H2,29,30,36). The quantitative estimate of drug-likeness (QED) is 0.140. The summed E-state index contributed by atoms with van der Waals surface area (Å²) in [5, 5.41) is 14.8. The van der Waals surface area contributed by atoms with Gasteiger partial charge in [0.1, 0.15) is 18.2 Å². The van der Waals surface area contributed by atoms with Gasteiger partial charge in [-0.1, -0.05) is 0 Å². The molecule has 19 heteroatoms. The number of rotatable bonds is 13. The van der Waals surface area contributed by atoms with Crippen LogP contribution in [0.25, 0.3) is 0 Å². The Morgan fingerprint density at radius 2 is 1.63 bits per heavy atom. The number of nitrogens with one attached hydrogen (secondary N) is 2. The number of nitrogen functional groups attached to an aromatic ring is 1. The highest BCUT2D eigenvalue weighted by Crippen LogP contribution is 2.47. The van der Waals surface area contributed by atoms with Crippen LogP contribution in [0.1, 0.15) is 47.8 Å². The molecule has 41 heavy (non-hydrogen) atoms. The molecule has 6 atom stereocenters. The molecule has 1 aromatic rings. The minimum atomic E-state index is -4.74. The van der Waals surface area contributed by atoms with Gasteiger partial charge in [-0.25, -0.2) is 32.5 Å². The van der Waals surface area contributed by atoms with Crippen LogP contribution < -0.4 is 21.6 Å². The van der Waals surface area contributed by atoms with E-state index in [2.05, 4.69) is 15.2 Å². The molecule has 0 spiro atoms. The number of nitrogens with zero attached hydrogens (tertiary/aromatic N) is 2. The van der Waals surface area contributed by atoms with Crippen LogP contribution in [-0.4, -0.2) is 81.8 Å². The zero-order valence-electron chi connectivity index (χ0n) is 23.0. The van der Waals surface area contributed by atoms with Gasteiger partial charge in [-0.2, -0.15) is 4.98 Å². The molecule has 1 aliphatic heterocycles. The van der Waals surface area contributed by atoms with E-state index in [0.29, 0.717) is 6.20 Å². The Kier molecular flexibility index (Phi) is 11.4. The van der Waals surface area contributed by atoms with Gasteiger partial charge in [-0.15, -0.1) is 0 Å². The van der Waals surface area contributed by atoms with Gasteiger partial charge >= 0.3 is 25.3 Å². The van der Waals surface area contributed by atoms with Gasteiger partial charge in [0.05, 0.1) is 25.0 Å². The lowest BCUT2D eigenvalue weighted by Crippen LogP contribution is -2.52. The summed E-state index contributed by atoms with van der Waals surface area (Å²) < 4.78 is 92.2. The number of hydrogen-bond donors (Lipinski definition) is 4. The number of halogens is 4. The fourth-order valence-corrected chi connectivity index (χ4v) is 5.43. The molecule has 1 fully saturated rings. The molecule has 6 unspecified atom stereocenters. The molecule has 234 valence electrons. The zero-order valence-corrected chi connectivity index (χ0v) is 23.9. The molecular formula is C22H34F4N5O9P. The summed E-state index contributed by atoms with van der Waals surface area (Å²) in [6.07, 6.45) is -12.3. The summed E-state index contributed by atoms with van der Waals surface area (Å²) in [5.74, 6) is -3.99. The van der Waals surface area contributed by atoms with Crippen molar-refractivity contribution in [1.29, 1.82) is 0 Å². The molecular weight excluding hydrogens is 585 g/mol. The van der Waals surface area contributed by atoms with Crippen LogP contribution in [0, 0.1) is 5.82 Å². The smallest absolute Gasteiger partial charge is 0.351 e. The Labute approximate surface area is 232 Å². The summed E-state index contributed by atoms with van der Waals surface area (Å²) in [6.45, 7) is 6.96. The first kappa shape index (κ1) is 34.6. The first-order chi connectivity index (χ1) is 18.8. The Hall–Kier alpha value is -2.63. The van der Waals surface area contributed by atoms with Crippen molar-refractivity contribution in [3.05, 3.63) is 22.5 Å². The molecule has 0 radical (unpaired) electrons. The first-order valence-electron chi connectivity index (χ1n) is 12.4. The SMILES string of the molecule is CC(C)OC(=O)C(C)NP(=O)(NC(C)C(=O)OC(C)C)OCC1(C(F)F)OC(n2cc(F)c(N)nc2=O)C(O)C1F. The molecule has 1 saturated heterocycles. The van der Waals surface area contributed by atoms with E-state index in [1.165, 1.54) is 41.5 Å². The second kappa shape index (κ2) is 13.6. The average molecular weight is 620 g/mol. The zero-order chi connectivity index (χ0) is 31.4. The number of aromatic nitrogens is 2. The Morgan fingerprint density at radius 3 is 2.07 bits per heavy atom. The van der Waals surface area contributed by atoms with Gasteiger partial charge in [0.2, 0.25) is 0 Å². The number of carbonyl (C=O) groups is 2. The summed E-state index contributed by atoms with van der Waals surface area (Å²) in [7, 11) is -4.74. The molecule has 0 amide bonds. The molecule has 14 nitrogen and oxygen atoms in total. The third-order valence-electron chi connectivity index (χ3n) is 5.59. The van der Waals surface area contributed by atoms with E-state index in [1.807, 2.05) is 0 Å². The van der Waals surface area contributed by atoms with Gasteiger partial charge in [0.25, 0.3) is 6.43 Å². The number of carbonyl (C=O) groups excluding carboxylic acids is 2. The van der Waals surface area contributed by atoms with Crippen molar-refractivity contribution in [3.8, 4) is 0 Å². The van der Waals surface area contributed by atoms with Crippen LogP contribution in [0.15, 0.2) is 11.0 Å². The number of anilines is 1. The summed E-state index contributed by atoms with van der Waals surface area (Å²) in [4.78, 5) is 39.9. The van der Waals surface area contributed by atoms with E-state index in [9.17, 15) is 37.2 Å². The molecule has 0 aromatic carbocycles. The van der Waals surface area contributed by atoms with E-state index in [4.69, 9.17) is 24.5 Å². The first-order valence-corrected chi connectivity index (χ1v) is 14.0. The lowest BCUT2D eigenvalue weighted by Gasteiger charge is -2.33. The summed E-state index contributed by atoms with van der Waals surface area (Å²) in [6, 6.07) is -2.81. The molecule has 1 aromatic heterocycles. The molecule has 5 N–H and O–H groups in total. The van der Waals surface area contributed by atoms with E-state index >= 15 is 4.39 Å². The normalized spacial score (nSPS) is 25.8. The predicted octanol–water partition coefficient (Wildman–Crippen LogP) is 1.18. The Balaban J connectivity index is 2.41. The average Bonchev–Trinajstić information content (AvgIpc) is 3.10. The van der Waals surface area contributed by atoms with Crippen molar-refractivity contribution in [2.75, 3.05) is 12.3 Å². The third kappa shape index (κ3) is 8.23. The molecule has 2 rings (SSSR count). The second-order valence-electron chi connectivity index (χ2n) is 9.82. The molecule has 0 bridgehead atoms. The highest BCUT2D eigenvalue weighted by Gasteiger charge is 2.63. The Bertz CT molecular complexity index is 1170. The van der Waals surface area contributed by atoms with Crippen LogP contribution >= 0.6 is 7.67 Å². The van der Waals surface area contributed by atoms with Crippen LogP contribution in [0.3, 0.4) is 0 Å². The van der Waals surface area contributed by atoms with Crippen LogP contribution in [0.2, 0.25) is 0 Å². The van der Waals surface area contributed by atoms with E-state index in [0.717, 1.165) is 0 Å². The summed E-state index contributed by atoms with van der Waals surface area (Å²) >= 11 is 0. The lowest BCUT2D eigenvalue weighted by molar-refractivity contribution is -0.183. The fraction of sp³-hybridized carbons (Fsp3) is 0.727. The molecule has 0 aliphatic carbocycles. The van der Waals surface area contributed by atoms with Gasteiger partial charge in [-0.05, 0) is 41.5 Å². The monoisotopic (exact) mass is 619 g/mol. The largest absolute Gasteiger partial charge is 0.462 e. The predicted molar refractivity (Wildman–Crippen MR) is 134 cm³/mol. The highest BCUT2D eigenvalue weighted by atomic mass is 31.2. The molecule has 0 saturated carbocycles. The van der Waals surface area contributed by atoms with Crippen LogP contribution in [0.5, 0.6) is 0 Å². The minimum Gasteiger partial charge on any atom is -0.462 e. The van der Waals surface area contributed by atoms with Gasteiger partial charge in [0, 0.05) is 0 Å². The third-order valence-corrected chi connectivity index (χ3v) is 7.53. The number of esters is 2. The van der Waals surface area contributed by atoms with Gasteiger partial charge in [0.15, 0.2) is 29.6 Å². The Morgan fingerprint density at radius 1 is 1.15 bits per heavy atom. The van der Waals surface area contributed by atoms with Crippen molar-refractivity contribution >= 4 is 25.4 Å². The highest BCUT2D eigenvalue weighted by molar-refractivity contribution is 7.54. The maximum Gasteiger partial charge on any atom is 0.351 e. The fourth-order valence-electron chi connectivity index (χ4n) is 3.59. The van der Waals surface area contributed by atoms with Crippen molar-refractivity contribution in [1.82, 2.24) is 19.7 Å². The number of hydrogen-bond acceptors (Lipinski definition) is 11. The van der Waals surface area contributed by atoms with E-state index in [-0.39, 0.29) is 4.57 Å². The number of nitrogens with two attached hydrogens (primary N) is 1. The number of aliphatic hydroxyl groups excluding tert-OH is 1. The lowest BCUT2D eigenvalue weighted by atomic mass is 9.98. The van der Waals surface area contributed by atoms with Crippen molar-refractivity contribution < 1.29 is 55.6 Å². The van der Waals surface area contributed by atoms with Gasteiger partial charge in [-0.3, -0.25) is 18.7 Å². The molecule has 1 aliphatic rings. The minimum absolute atomic E-state index is 0.219. The topological polar surface area (TPSA) is 193 Å². The number of alkyl halides is 3. The van der Waals surface area contributed by atoms with Crippen molar-refractivity contribution in [2.24, 2.45) is 0 Å². The van der Waals surface area contributed by atoms with E-state index in [1.54, 1.807) is 0 Å². The van der Waals surface area contributed by atoms with Crippen molar-refractivity contribution in [2.45, 2.75) is 96.4 Å². The summed E-state index contributed by atoms with van der Waals surface area (Å²) in [5.41, 5.74) is 0.471. The maximum atomic E-state index is 15.3. The van der Waals surface area contributed by atoms with Crippen molar-refractivity contribution in [3.63, 3.8) is 0 Å². The number of ether oxygens (including phenoxy) is 3. The number of aliphatic hydroxyl groups is 1. The van der Waals surface area contributed by atoms with Crippen LogP contribution in [-0.2, 0) is 32.9 Å². The van der Waals surface area contributed by atoms with Gasteiger partial charge < -0.3 is 29.6 Å². The second-order valence-corrected chi connectivity index (χ2v) is 11.7. The van der Waals surface area contributed by atoms with Crippen LogP contribution in [0.4, 0.5) is 23.4 Å². The maximum absolute atomic E-state index is 15.3. The molecule has 2 heterocycles. The van der Waals surface area contributed by atoms with E-state index < -0.39 is 98.4 Å².